The van der Waals surface area contributed by atoms with Crippen molar-refractivity contribution in [3.05, 3.63) is 48.0 Å². The van der Waals surface area contributed by atoms with E-state index in [1.807, 2.05) is 0 Å². The second-order valence-corrected chi connectivity index (χ2v) is 6.76. The second kappa shape index (κ2) is 13.0. The number of rotatable bonds is 12. The van der Waals surface area contributed by atoms with Crippen LogP contribution in [-0.2, 0) is 14.3 Å². The van der Waals surface area contributed by atoms with Gasteiger partial charge >= 0.3 is 6.09 Å². The molecule has 0 aliphatic carbocycles. The first-order chi connectivity index (χ1) is 15.4. The number of amides is 2. The van der Waals surface area contributed by atoms with E-state index in [1.165, 1.54) is 21.1 Å². The van der Waals surface area contributed by atoms with Crippen molar-refractivity contribution in [3.63, 3.8) is 0 Å². The summed E-state index contributed by atoms with van der Waals surface area (Å²) in [5.74, 6) is 0.724. The largest absolute Gasteiger partial charge is 0.493 e. The highest BCUT2D eigenvalue weighted by Gasteiger charge is 2.10. The molecule has 0 atom stereocenters. The molecule has 0 spiro atoms. The minimum Gasteiger partial charge on any atom is -0.493 e. The van der Waals surface area contributed by atoms with Gasteiger partial charge in [0.2, 0.25) is 5.91 Å². The fourth-order valence-electron chi connectivity index (χ4n) is 2.69. The van der Waals surface area contributed by atoms with Crippen LogP contribution < -0.4 is 20.1 Å². The van der Waals surface area contributed by atoms with Crippen LogP contribution in [0.3, 0.4) is 0 Å². The number of hydrogen-bond acceptors (Lipinski definition) is 7. The zero-order valence-electron chi connectivity index (χ0n) is 18.4. The number of Topliss-reactive ketones (excluding diaryl/α,β-unsaturated/α-hetero) is 1. The van der Waals surface area contributed by atoms with Crippen molar-refractivity contribution in [1.82, 2.24) is 0 Å². The molecule has 2 aromatic carbocycles. The molecule has 9 nitrogen and oxygen atoms in total. The molecular weight excluding hydrogens is 416 g/mol. The summed E-state index contributed by atoms with van der Waals surface area (Å²) in [6.45, 7) is 2.24. The topological polar surface area (TPSA) is 112 Å². The summed E-state index contributed by atoms with van der Waals surface area (Å²) in [5, 5.41) is 5.37. The maximum Gasteiger partial charge on any atom is 0.411 e. The predicted molar refractivity (Wildman–Crippen MR) is 120 cm³/mol. The molecule has 0 heterocycles. The van der Waals surface area contributed by atoms with Crippen LogP contribution >= 0.6 is 0 Å². The molecule has 0 bridgehead atoms. The second-order valence-electron chi connectivity index (χ2n) is 6.76. The number of hydrogen-bond donors (Lipinski definition) is 2. The summed E-state index contributed by atoms with van der Waals surface area (Å²) in [7, 11) is 3.02. The van der Waals surface area contributed by atoms with Gasteiger partial charge in [-0.05, 0) is 49.7 Å². The third-order valence-electron chi connectivity index (χ3n) is 4.29. The lowest BCUT2D eigenvalue weighted by atomic mass is 10.1. The van der Waals surface area contributed by atoms with Gasteiger partial charge < -0.3 is 24.3 Å². The van der Waals surface area contributed by atoms with Crippen LogP contribution in [0, 0.1) is 0 Å². The van der Waals surface area contributed by atoms with Gasteiger partial charge in [-0.2, -0.15) is 0 Å². The standard InChI is InChI=1S/C23H28N2O7/c1-16(26)17-9-10-20(21(14-17)30-3)31-11-5-8-22(27)24-18-6-4-7-19(15-18)25-23(28)32-13-12-29-2/h4,6-7,9-10,14-15H,5,8,11-13H2,1-3H3,(H,24,27)(H,25,28). The molecule has 0 saturated heterocycles. The zero-order valence-corrected chi connectivity index (χ0v) is 18.4. The molecule has 172 valence electrons. The first-order valence-electron chi connectivity index (χ1n) is 10.1. The Morgan fingerprint density at radius 3 is 2.31 bits per heavy atom. The summed E-state index contributed by atoms with van der Waals surface area (Å²) >= 11 is 0. The number of ketones is 1. The Hall–Kier alpha value is -3.59. The molecule has 32 heavy (non-hydrogen) atoms. The molecule has 0 saturated carbocycles. The summed E-state index contributed by atoms with van der Waals surface area (Å²) in [5.41, 5.74) is 1.58. The Labute approximate surface area is 187 Å². The Kier molecular flexibility index (Phi) is 9.99. The van der Waals surface area contributed by atoms with E-state index in [0.717, 1.165) is 0 Å². The van der Waals surface area contributed by atoms with Gasteiger partial charge in [0.05, 0.1) is 20.3 Å². The summed E-state index contributed by atoms with van der Waals surface area (Å²) in [4.78, 5) is 35.4. The van der Waals surface area contributed by atoms with Crippen molar-refractivity contribution in [2.45, 2.75) is 19.8 Å². The van der Waals surface area contributed by atoms with Crippen LogP contribution in [0.25, 0.3) is 0 Å². The third kappa shape index (κ3) is 8.27. The van der Waals surface area contributed by atoms with Crippen LogP contribution in [0.5, 0.6) is 11.5 Å². The minimum absolute atomic E-state index is 0.0613. The van der Waals surface area contributed by atoms with Crippen molar-refractivity contribution in [3.8, 4) is 11.5 Å². The average molecular weight is 444 g/mol. The van der Waals surface area contributed by atoms with Crippen molar-refractivity contribution in [1.29, 1.82) is 0 Å². The van der Waals surface area contributed by atoms with Gasteiger partial charge in [-0.15, -0.1) is 0 Å². The van der Waals surface area contributed by atoms with Crippen LogP contribution in [-0.4, -0.2) is 51.8 Å². The lowest BCUT2D eigenvalue weighted by Crippen LogP contribution is -2.17. The smallest absolute Gasteiger partial charge is 0.411 e. The van der Waals surface area contributed by atoms with Crippen molar-refractivity contribution < 1.29 is 33.3 Å². The number of carbonyl (C=O) groups is 3. The van der Waals surface area contributed by atoms with E-state index in [2.05, 4.69) is 10.6 Å². The first kappa shape index (κ1) is 24.7. The third-order valence-corrected chi connectivity index (χ3v) is 4.29. The summed E-state index contributed by atoms with van der Waals surface area (Å²) < 4.78 is 20.7. The number of ether oxygens (including phenoxy) is 4. The molecule has 0 unspecified atom stereocenters. The molecule has 2 N–H and O–H groups in total. The molecule has 2 rings (SSSR count). The van der Waals surface area contributed by atoms with Crippen LogP contribution in [0.2, 0.25) is 0 Å². The quantitative estimate of drug-likeness (QED) is 0.377. The number of carbonyl (C=O) groups excluding carboxylic acids is 3. The van der Waals surface area contributed by atoms with E-state index in [1.54, 1.807) is 42.5 Å². The van der Waals surface area contributed by atoms with Gasteiger partial charge in [-0.1, -0.05) is 6.07 Å². The fourth-order valence-corrected chi connectivity index (χ4v) is 2.69. The number of methoxy groups -OCH3 is 2. The molecule has 0 fully saturated rings. The molecular formula is C23H28N2O7. The monoisotopic (exact) mass is 444 g/mol. The molecule has 2 aromatic rings. The maximum atomic E-state index is 12.2. The highest BCUT2D eigenvalue weighted by atomic mass is 16.6. The number of anilines is 2. The van der Waals surface area contributed by atoms with Gasteiger partial charge in [0, 0.05) is 30.5 Å². The number of nitrogens with one attached hydrogen (secondary N) is 2. The van der Waals surface area contributed by atoms with E-state index in [4.69, 9.17) is 18.9 Å². The van der Waals surface area contributed by atoms with E-state index in [0.29, 0.717) is 48.1 Å². The van der Waals surface area contributed by atoms with Gasteiger partial charge in [0.1, 0.15) is 6.61 Å². The molecule has 2 amide bonds. The van der Waals surface area contributed by atoms with Crippen molar-refractivity contribution in [2.75, 3.05) is 44.7 Å². The summed E-state index contributed by atoms with van der Waals surface area (Å²) in [6, 6.07) is 11.7. The highest BCUT2D eigenvalue weighted by Crippen LogP contribution is 2.28. The fraction of sp³-hybridized carbons (Fsp3) is 0.348. The van der Waals surface area contributed by atoms with Gasteiger partial charge in [-0.3, -0.25) is 14.9 Å². The van der Waals surface area contributed by atoms with Crippen molar-refractivity contribution >= 4 is 29.2 Å². The Bertz CT molecular complexity index is 930. The van der Waals surface area contributed by atoms with Crippen LogP contribution in [0.4, 0.5) is 16.2 Å². The van der Waals surface area contributed by atoms with E-state index < -0.39 is 6.09 Å². The maximum absolute atomic E-state index is 12.2. The van der Waals surface area contributed by atoms with Gasteiger partial charge in [0.15, 0.2) is 17.3 Å². The SMILES string of the molecule is COCCOC(=O)Nc1cccc(NC(=O)CCCOc2ccc(C(C)=O)cc2OC)c1. The Morgan fingerprint density at radius 2 is 1.62 bits per heavy atom. The van der Waals surface area contributed by atoms with E-state index in [-0.39, 0.29) is 24.7 Å². The molecule has 0 aliphatic heterocycles. The van der Waals surface area contributed by atoms with Gasteiger partial charge in [0.25, 0.3) is 0 Å². The normalized spacial score (nSPS) is 10.2. The molecule has 0 radical (unpaired) electrons. The highest BCUT2D eigenvalue weighted by molar-refractivity contribution is 5.94. The lowest BCUT2D eigenvalue weighted by Gasteiger charge is -2.12. The Balaban J connectivity index is 1.78. The van der Waals surface area contributed by atoms with Gasteiger partial charge in [-0.25, -0.2) is 4.79 Å². The Morgan fingerprint density at radius 1 is 0.875 bits per heavy atom. The number of benzene rings is 2. The summed E-state index contributed by atoms with van der Waals surface area (Å²) in [6.07, 6.45) is 0.118. The predicted octanol–water partition coefficient (Wildman–Crippen LogP) is 3.89. The van der Waals surface area contributed by atoms with E-state index in [9.17, 15) is 14.4 Å². The first-order valence-corrected chi connectivity index (χ1v) is 10.1. The molecule has 0 aromatic heterocycles. The molecule has 0 aliphatic rings. The average Bonchev–Trinajstić information content (AvgIpc) is 2.77. The van der Waals surface area contributed by atoms with E-state index >= 15 is 0 Å². The van der Waals surface area contributed by atoms with Crippen LogP contribution in [0.15, 0.2) is 42.5 Å². The minimum atomic E-state index is -0.602. The van der Waals surface area contributed by atoms with Crippen LogP contribution in [0.1, 0.15) is 30.1 Å². The zero-order chi connectivity index (χ0) is 23.3. The molecule has 9 heteroatoms. The lowest BCUT2D eigenvalue weighted by molar-refractivity contribution is -0.116. The van der Waals surface area contributed by atoms with Crippen molar-refractivity contribution in [2.24, 2.45) is 0 Å².